The first-order valence-corrected chi connectivity index (χ1v) is 7.96. The molecule has 1 aromatic heterocycles. The van der Waals surface area contributed by atoms with Crippen LogP contribution in [0.1, 0.15) is 18.2 Å². The van der Waals surface area contributed by atoms with Gasteiger partial charge in [0.2, 0.25) is 0 Å². The molecule has 0 bridgehead atoms. The molecule has 0 aliphatic heterocycles. The van der Waals surface area contributed by atoms with Gasteiger partial charge in [0.25, 0.3) is 0 Å². The van der Waals surface area contributed by atoms with Gasteiger partial charge in [0.1, 0.15) is 18.1 Å². The number of ether oxygens (including phenoxy) is 2. The standard InChI is InChI=1S/C17H16N2O3S/c1-10-7-15(21-8-12-9-23-17(18)19-12)13-5-3-4-6-14(13)16(10)22-11(2)20/h3-7,9H,8H2,1-2H3,(H2,18,19). The molecule has 2 N–H and O–H groups in total. The summed E-state index contributed by atoms with van der Waals surface area (Å²) in [7, 11) is 0. The molecule has 0 aliphatic carbocycles. The lowest BCUT2D eigenvalue weighted by molar-refractivity contribution is -0.131. The van der Waals surface area contributed by atoms with E-state index < -0.39 is 0 Å². The van der Waals surface area contributed by atoms with Gasteiger partial charge < -0.3 is 15.2 Å². The zero-order valence-corrected chi connectivity index (χ0v) is 13.6. The quantitative estimate of drug-likeness (QED) is 0.584. The molecule has 1 heterocycles. The Balaban J connectivity index is 1.99. The lowest BCUT2D eigenvalue weighted by Gasteiger charge is -2.14. The number of nitrogens with two attached hydrogens (primary N) is 1. The number of fused-ring (bicyclic) bond motifs is 1. The molecule has 3 aromatic rings. The van der Waals surface area contributed by atoms with Crippen LogP contribution in [-0.4, -0.2) is 11.0 Å². The Labute approximate surface area is 137 Å². The van der Waals surface area contributed by atoms with Gasteiger partial charge in [-0.05, 0) is 18.6 Å². The molecule has 3 rings (SSSR count). The lowest BCUT2D eigenvalue weighted by Crippen LogP contribution is -2.04. The summed E-state index contributed by atoms with van der Waals surface area (Å²) in [5, 5.41) is 4.13. The van der Waals surface area contributed by atoms with Gasteiger partial charge in [-0.2, -0.15) is 0 Å². The van der Waals surface area contributed by atoms with Crippen molar-refractivity contribution in [1.29, 1.82) is 0 Å². The summed E-state index contributed by atoms with van der Waals surface area (Å²) in [5.74, 6) is 0.948. The Morgan fingerprint density at radius 1 is 1.30 bits per heavy atom. The molecule has 23 heavy (non-hydrogen) atoms. The molecule has 0 saturated heterocycles. The number of nitrogen functional groups attached to an aromatic ring is 1. The molecule has 0 aliphatic rings. The Morgan fingerprint density at radius 3 is 2.70 bits per heavy atom. The van der Waals surface area contributed by atoms with E-state index in [0.717, 1.165) is 27.8 Å². The van der Waals surface area contributed by atoms with Gasteiger partial charge in [-0.25, -0.2) is 4.98 Å². The highest BCUT2D eigenvalue weighted by Crippen LogP contribution is 2.36. The first-order valence-electron chi connectivity index (χ1n) is 7.08. The van der Waals surface area contributed by atoms with Crippen LogP contribution in [0.2, 0.25) is 0 Å². The van der Waals surface area contributed by atoms with Gasteiger partial charge in [0.15, 0.2) is 5.13 Å². The molecule has 0 saturated carbocycles. The van der Waals surface area contributed by atoms with E-state index >= 15 is 0 Å². The van der Waals surface area contributed by atoms with E-state index in [9.17, 15) is 4.79 Å². The zero-order chi connectivity index (χ0) is 16.4. The van der Waals surface area contributed by atoms with Crippen molar-refractivity contribution >= 4 is 33.2 Å². The van der Waals surface area contributed by atoms with Gasteiger partial charge in [0.05, 0.1) is 5.69 Å². The van der Waals surface area contributed by atoms with Gasteiger partial charge in [-0.3, -0.25) is 4.79 Å². The number of nitrogens with zero attached hydrogens (tertiary/aromatic N) is 1. The number of aryl methyl sites for hydroxylation is 1. The summed E-state index contributed by atoms with van der Waals surface area (Å²) >= 11 is 1.38. The van der Waals surface area contributed by atoms with Crippen LogP contribution in [0.25, 0.3) is 10.8 Å². The lowest BCUT2D eigenvalue weighted by atomic mass is 10.0. The summed E-state index contributed by atoms with van der Waals surface area (Å²) in [5.41, 5.74) is 7.26. The van der Waals surface area contributed by atoms with Crippen molar-refractivity contribution in [1.82, 2.24) is 4.98 Å². The normalized spacial score (nSPS) is 10.7. The van der Waals surface area contributed by atoms with E-state index in [1.54, 1.807) is 0 Å². The fourth-order valence-corrected chi connectivity index (χ4v) is 2.94. The maximum atomic E-state index is 11.3. The fraction of sp³-hybridized carbons (Fsp3) is 0.176. The number of thiazole rings is 1. The predicted octanol–water partition coefficient (Wildman–Crippen LogP) is 3.69. The molecule has 118 valence electrons. The van der Waals surface area contributed by atoms with Crippen molar-refractivity contribution in [2.45, 2.75) is 20.5 Å². The minimum atomic E-state index is -0.343. The minimum Gasteiger partial charge on any atom is -0.487 e. The number of benzene rings is 2. The molecule has 5 nitrogen and oxygen atoms in total. The third-order valence-corrected chi connectivity index (χ3v) is 4.06. The molecule has 2 aromatic carbocycles. The van der Waals surface area contributed by atoms with Crippen LogP contribution in [0.4, 0.5) is 5.13 Å². The molecule has 0 radical (unpaired) electrons. The first-order chi connectivity index (χ1) is 11.0. The monoisotopic (exact) mass is 328 g/mol. The van der Waals surface area contributed by atoms with Crippen LogP contribution in [-0.2, 0) is 11.4 Å². The van der Waals surface area contributed by atoms with Gasteiger partial charge in [-0.15, -0.1) is 11.3 Å². The van der Waals surface area contributed by atoms with Crippen LogP contribution >= 0.6 is 11.3 Å². The molecule has 0 atom stereocenters. The highest BCUT2D eigenvalue weighted by Gasteiger charge is 2.13. The molecule has 0 amide bonds. The first kappa shape index (κ1) is 15.3. The molecule has 0 unspecified atom stereocenters. The topological polar surface area (TPSA) is 74.4 Å². The van der Waals surface area contributed by atoms with E-state index in [1.165, 1.54) is 18.3 Å². The Kier molecular flexibility index (Phi) is 4.16. The highest BCUT2D eigenvalue weighted by atomic mass is 32.1. The molecule has 6 heteroatoms. The van der Waals surface area contributed by atoms with Crippen LogP contribution in [0.3, 0.4) is 0 Å². The molecular weight excluding hydrogens is 312 g/mol. The van der Waals surface area contributed by atoms with Gasteiger partial charge in [0, 0.05) is 23.1 Å². The second kappa shape index (κ2) is 6.26. The Hall–Kier alpha value is -2.60. The molecular formula is C17H16N2O3S. The van der Waals surface area contributed by atoms with E-state index in [0.29, 0.717) is 17.5 Å². The van der Waals surface area contributed by atoms with E-state index in [4.69, 9.17) is 15.2 Å². The summed E-state index contributed by atoms with van der Waals surface area (Å²) in [6.07, 6.45) is 0. The number of carbonyl (C=O) groups excluding carboxylic acids is 1. The summed E-state index contributed by atoms with van der Waals surface area (Å²) in [4.78, 5) is 15.5. The SMILES string of the molecule is CC(=O)Oc1c(C)cc(OCc2csc(N)n2)c2ccccc12. The number of rotatable bonds is 4. The third-order valence-electron chi connectivity index (χ3n) is 3.33. The van der Waals surface area contributed by atoms with E-state index in [-0.39, 0.29) is 5.97 Å². The van der Waals surface area contributed by atoms with Gasteiger partial charge in [-0.1, -0.05) is 24.3 Å². The number of hydrogen-bond acceptors (Lipinski definition) is 6. The van der Waals surface area contributed by atoms with E-state index in [1.807, 2.05) is 42.6 Å². The van der Waals surface area contributed by atoms with Crippen molar-refractivity contribution in [3.63, 3.8) is 0 Å². The molecule has 0 fully saturated rings. The average Bonchev–Trinajstić information content (AvgIpc) is 2.93. The van der Waals surface area contributed by atoms with Crippen molar-refractivity contribution in [2.75, 3.05) is 5.73 Å². The number of anilines is 1. The Morgan fingerprint density at radius 2 is 2.04 bits per heavy atom. The second-order valence-corrected chi connectivity index (χ2v) is 6.02. The fourth-order valence-electron chi connectivity index (χ4n) is 2.39. The van der Waals surface area contributed by atoms with Crippen LogP contribution in [0.5, 0.6) is 11.5 Å². The summed E-state index contributed by atoms with van der Waals surface area (Å²) in [6.45, 7) is 3.62. The van der Waals surface area contributed by atoms with Crippen LogP contribution in [0.15, 0.2) is 35.7 Å². The number of esters is 1. The number of hydrogen-bond donors (Lipinski definition) is 1. The van der Waals surface area contributed by atoms with Crippen LogP contribution < -0.4 is 15.2 Å². The van der Waals surface area contributed by atoms with Crippen molar-refractivity contribution in [2.24, 2.45) is 0 Å². The third kappa shape index (κ3) is 3.27. The van der Waals surface area contributed by atoms with E-state index in [2.05, 4.69) is 4.98 Å². The Bertz CT molecular complexity index is 873. The van der Waals surface area contributed by atoms with Crippen molar-refractivity contribution in [3.8, 4) is 11.5 Å². The summed E-state index contributed by atoms with van der Waals surface area (Å²) in [6, 6.07) is 9.54. The zero-order valence-electron chi connectivity index (χ0n) is 12.8. The van der Waals surface area contributed by atoms with Gasteiger partial charge >= 0.3 is 5.97 Å². The van der Waals surface area contributed by atoms with Crippen LogP contribution in [0, 0.1) is 6.92 Å². The maximum Gasteiger partial charge on any atom is 0.308 e. The minimum absolute atomic E-state index is 0.337. The molecule has 0 spiro atoms. The largest absolute Gasteiger partial charge is 0.487 e. The maximum absolute atomic E-state index is 11.3. The average molecular weight is 328 g/mol. The second-order valence-electron chi connectivity index (χ2n) is 5.13. The predicted molar refractivity (Wildman–Crippen MR) is 90.9 cm³/mol. The highest BCUT2D eigenvalue weighted by molar-refractivity contribution is 7.13. The number of carbonyl (C=O) groups is 1. The van der Waals surface area contributed by atoms with Crippen molar-refractivity contribution < 1.29 is 14.3 Å². The smallest absolute Gasteiger partial charge is 0.308 e. The van der Waals surface area contributed by atoms with Crippen molar-refractivity contribution in [3.05, 3.63) is 47.0 Å². The summed E-state index contributed by atoms with van der Waals surface area (Å²) < 4.78 is 11.3. The number of aromatic nitrogens is 1.